The number of likely N-dealkylation sites (tertiary alicyclic amines) is 1. The molecule has 0 saturated carbocycles. The van der Waals surface area contributed by atoms with E-state index >= 15 is 0 Å². The number of aliphatic hydroxyl groups is 1. The fourth-order valence-electron chi connectivity index (χ4n) is 2.21. The van der Waals surface area contributed by atoms with E-state index in [2.05, 4.69) is 13.8 Å². The van der Waals surface area contributed by atoms with E-state index in [0.717, 1.165) is 6.42 Å². The summed E-state index contributed by atoms with van der Waals surface area (Å²) in [6.07, 6.45) is 1.88. The Balaban J connectivity index is 2.47. The van der Waals surface area contributed by atoms with Crippen LogP contribution in [0.4, 0.5) is 0 Å². The largest absolute Gasteiger partial charge is 0.391 e. The molecule has 1 heterocycles. The Kier molecular flexibility index (Phi) is 6.09. The predicted octanol–water partition coefficient (Wildman–Crippen LogP) is 1.81. The molecule has 1 aliphatic rings. The Bertz CT molecular complexity index is 266. The Hall–Kier alpha value is -0.610. The first-order chi connectivity index (χ1) is 8.40. The maximum Gasteiger partial charge on any atom is 0.222 e. The van der Waals surface area contributed by atoms with Crippen molar-refractivity contribution in [2.45, 2.75) is 65.2 Å². The maximum atomic E-state index is 12.1. The van der Waals surface area contributed by atoms with Gasteiger partial charge >= 0.3 is 0 Å². The summed E-state index contributed by atoms with van der Waals surface area (Å²) in [5.74, 6) is 0.685. The van der Waals surface area contributed by atoms with Crippen molar-refractivity contribution in [1.82, 2.24) is 4.90 Å². The van der Waals surface area contributed by atoms with Crippen LogP contribution < -0.4 is 0 Å². The SMILES string of the molecule is CC(C)CCC(=O)N1CC(O)CC1COC(C)C. The van der Waals surface area contributed by atoms with Crippen molar-refractivity contribution in [3.05, 3.63) is 0 Å². The minimum atomic E-state index is -0.395. The first-order valence-electron chi connectivity index (χ1n) is 6.99. The molecule has 1 fully saturated rings. The number of amides is 1. The van der Waals surface area contributed by atoms with Gasteiger partial charge in [-0.3, -0.25) is 4.79 Å². The van der Waals surface area contributed by atoms with Crippen LogP contribution in [0.2, 0.25) is 0 Å². The van der Waals surface area contributed by atoms with Crippen LogP contribution in [0, 0.1) is 5.92 Å². The molecule has 4 heteroatoms. The summed E-state index contributed by atoms with van der Waals surface area (Å²) >= 11 is 0. The van der Waals surface area contributed by atoms with E-state index in [1.54, 1.807) is 4.90 Å². The third-order valence-corrected chi connectivity index (χ3v) is 3.27. The molecule has 1 saturated heterocycles. The zero-order chi connectivity index (χ0) is 13.7. The van der Waals surface area contributed by atoms with Crippen LogP contribution in [0.1, 0.15) is 47.0 Å². The van der Waals surface area contributed by atoms with E-state index in [9.17, 15) is 9.90 Å². The van der Waals surface area contributed by atoms with Gasteiger partial charge in [0.15, 0.2) is 0 Å². The van der Waals surface area contributed by atoms with Crippen LogP contribution in [0.15, 0.2) is 0 Å². The lowest BCUT2D eigenvalue weighted by Gasteiger charge is -2.25. The first-order valence-corrected chi connectivity index (χ1v) is 6.99. The van der Waals surface area contributed by atoms with E-state index in [1.165, 1.54) is 0 Å². The maximum absolute atomic E-state index is 12.1. The highest BCUT2D eigenvalue weighted by Gasteiger charge is 2.34. The summed E-state index contributed by atoms with van der Waals surface area (Å²) in [6.45, 7) is 9.19. The van der Waals surface area contributed by atoms with Gasteiger partial charge in [-0.25, -0.2) is 0 Å². The van der Waals surface area contributed by atoms with Crippen LogP contribution in [0.3, 0.4) is 0 Å². The molecule has 0 spiro atoms. The Morgan fingerprint density at radius 3 is 2.61 bits per heavy atom. The third kappa shape index (κ3) is 4.94. The summed E-state index contributed by atoms with van der Waals surface area (Å²) in [5, 5.41) is 9.71. The van der Waals surface area contributed by atoms with Gasteiger partial charge < -0.3 is 14.7 Å². The number of ether oxygens (including phenoxy) is 1. The third-order valence-electron chi connectivity index (χ3n) is 3.27. The normalized spacial score (nSPS) is 24.3. The topological polar surface area (TPSA) is 49.8 Å². The van der Waals surface area contributed by atoms with Crippen LogP contribution in [-0.2, 0) is 9.53 Å². The number of hydrogen-bond acceptors (Lipinski definition) is 3. The minimum absolute atomic E-state index is 0.0436. The van der Waals surface area contributed by atoms with Gasteiger partial charge in [-0.2, -0.15) is 0 Å². The smallest absolute Gasteiger partial charge is 0.222 e. The van der Waals surface area contributed by atoms with Crippen molar-refractivity contribution >= 4 is 5.91 Å². The fourth-order valence-corrected chi connectivity index (χ4v) is 2.21. The zero-order valence-corrected chi connectivity index (χ0v) is 12.1. The molecular weight excluding hydrogens is 230 g/mol. The molecule has 0 bridgehead atoms. The van der Waals surface area contributed by atoms with E-state index in [-0.39, 0.29) is 18.1 Å². The quantitative estimate of drug-likeness (QED) is 0.789. The van der Waals surface area contributed by atoms with E-state index < -0.39 is 6.10 Å². The molecule has 1 rings (SSSR count). The lowest BCUT2D eigenvalue weighted by atomic mass is 10.1. The van der Waals surface area contributed by atoms with Gasteiger partial charge in [-0.1, -0.05) is 13.8 Å². The van der Waals surface area contributed by atoms with E-state index in [4.69, 9.17) is 4.74 Å². The molecule has 0 aromatic carbocycles. The summed E-state index contributed by atoms with van der Waals surface area (Å²) in [7, 11) is 0. The predicted molar refractivity (Wildman–Crippen MR) is 71.3 cm³/mol. The number of nitrogens with zero attached hydrogens (tertiary/aromatic N) is 1. The van der Waals surface area contributed by atoms with E-state index in [0.29, 0.717) is 31.9 Å². The van der Waals surface area contributed by atoms with Crippen LogP contribution >= 0.6 is 0 Å². The van der Waals surface area contributed by atoms with Crippen molar-refractivity contribution in [2.75, 3.05) is 13.2 Å². The molecule has 0 aromatic rings. The highest BCUT2D eigenvalue weighted by atomic mass is 16.5. The summed E-state index contributed by atoms with van der Waals surface area (Å²) in [5.41, 5.74) is 0. The first kappa shape index (κ1) is 15.4. The minimum Gasteiger partial charge on any atom is -0.391 e. The summed E-state index contributed by atoms with van der Waals surface area (Å²) in [4.78, 5) is 13.9. The molecule has 0 radical (unpaired) electrons. The van der Waals surface area contributed by atoms with Gasteiger partial charge in [0, 0.05) is 13.0 Å². The highest BCUT2D eigenvalue weighted by Crippen LogP contribution is 2.20. The molecule has 1 N–H and O–H groups in total. The number of β-amino-alcohol motifs (C(OH)–C–C–N with tert-alkyl or cyclic N) is 1. The van der Waals surface area contributed by atoms with Crippen LogP contribution in [0.5, 0.6) is 0 Å². The van der Waals surface area contributed by atoms with Crippen LogP contribution in [0.25, 0.3) is 0 Å². The number of carbonyl (C=O) groups is 1. The summed E-state index contributed by atoms with van der Waals surface area (Å²) < 4.78 is 5.58. The number of rotatable bonds is 6. The van der Waals surface area contributed by atoms with Gasteiger partial charge in [0.25, 0.3) is 0 Å². The Morgan fingerprint density at radius 2 is 2.06 bits per heavy atom. The zero-order valence-electron chi connectivity index (χ0n) is 12.1. The lowest BCUT2D eigenvalue weighted by Crippen LogP contribution is -2.39. The second kappa shape index (κ2) is 7.10. The number of hydrogen-bond donors (Lipinski definition) is 1. The standard InChI is InChI=1S/C14H27NO3/c1-10(2)5-6-14(17)15-8-13(16)7-12(15)9-18-11(3)4/h10-13,16H,5-9H2,1-4H3. The second-order valence-electron chi connectivity index (χ2n) is 5.90. The van der Waals surface area contributed by atoms with Crippen molar-refractivity contribution in [3.63, 3.8) is 0 Å². The average molecular weight is 257 g/mol. The van der Waals surface area contributed by atoms with Crippen molar-refractivity contribution < 1.29 is 14.6 Å². The molecule has 4 nitrogen and oxygen atoms in total. The van der Waals surface area contributed by atoms with Crippen molar-refractivity contribution in [3.8, 4) is 0 Å². The number of carbonyl (C=O) groups excluding carboxylic acids is 1. The lowest BCUT2D eigenvalue weighted by molar-refractivity contribution is -0.134. The second-order valence-corrected chi connectivity index (χ2v) is 5.90. The monoisotopic (exact) mass is 257 g/mol. The number of aliphatic hydroxyl groups excluding tert-OH is 1. The van der Waals surface area contributed by atoms with Crippen molar-refractivity contribution in [2.24, 2.45) is 5.92 Å². The molecule has 0 aromatic heterocycles. The van der Waals surface area contributed by atoms with Gasteiger partial charge in [0.05, 0.1) is 24.9 Å². The molecule has 1 amide bonds. The van der Waals surface area contributed by atoms with Gasteiger partial charge in [-0.05, 0) is 32.6 Å². The van der Waals surface area contributed by atoms with Crippen molar-refractivity contribution in [1.29, 1.82) is 0 Å². The Morgan fingerprint density at radius 1 is 1.39 bits per heavy atom. The van der Waals surface area contributed by atoms with Gasteiger partial charge in [-0.15, -0.1) is 0 Å². The van der Waals surface area contributed by atoms with Crippen LogP contribution in [-0.4, -0.2) is 47.3 Å². The fraction of sp³-hybridized carbons (Fsp3) is 0.929. The molecule has 18 heavy (non-hydrogen) atoms. The molecule has 2 unspecified atom stereocenters. The molecule has 1 aliphatic heterocycles. The Labute approximate surface area is 110 Å². The molecular formula is C14H27NO3. The molecule has 0 aliphatic carbocycles. The molecule has 106 valence electrons. The summed E-state index contributed by atoms with van der Waals surface area (Å²) in [6, 6.07) is 0.0436. The van der Waals surface area contributed by atoms with E-state index in [1.807, 2.05) is 13.8 Å². The highest BCUT2D eigenvalue weighted by molar-refractivity contribution is 5.77. The van der Waals surface area contributed by atoms with Gasteiger partial charge in [0.2, 0.25) is 5.91 Å². The molecule has 2 atom stereocenters. The van der Waals surface area contributed by atoms with Gasteiger partial charge in [0.1, 0.15) is 0 Å². The average Bonchev–Trinajstić information content (AvgIpc) is 2.64.